The summed E-state index contributed by atoms with van der Waals surface area (Å²) in [4.78, 5) is 12.1. The molecule has 1 heterocycles. The summed E-state index contributed by atoms with van der Waals surface area (Å²) in [5, 5.41) is 2.85. The fraction of sp³-hybridized carbons (Fsp3) is 0.588. The van der Waals surface area contributed by atoms with Crippen LogP contribution in [0.2, 0.25) is 0 Å². The Morgan fingerprint density at radius 3 is 2.80 bits per heavy atom. The first-order valence-electron chi connectivity index (χ1n) is 8.37. The molecule has 0 spiro atoms. The standard InChI is InChI=1S/C17H25FN2O4S/c1-12(2)10-19-17(21)13-5-4-8-20(11-13)25(22,23)16-9-14(18)6-7-15(16)24-3/h6-7,9,12-13H,4-5,8,10-11H2,1-3H3,(H,19,21). The molecule has 0 aliphatic carbocycles. The van der Waals surface area contributed by atoms with Gasteiger partial charge >= 0.3 is 0 Å². The highest BCUT2D eigenvalue weighted by Gasteiger charge is 2.35. The van der Waals surface area contributed by atoms with Crippen molar-refractivity contribution in [3.05, 3.63) is 24.0 Å². The Morgan fingerprint density at radius 2 is 2.16 bits per heavy atom. The predicted octanol–water partition coefficient (Wildman–Crippen LogP) is 2.01. The maximum absolute atomic E-state index is 13.6. The van der Waals surface area contributed by atoms with Gasteiger partial charge in [0.05, 0.1) is 13.0 Å². The summed E-state index contributed by atoms with van der Waals surface area (Å²) in [6.07, 6.45) is 1.22. The van der Waals surface area contributed by atoms with E-state index in [4.69, 9.17) is 4.74 Å². The van der Waals surface area contributed by atoms with Gasteiger partial charge in [0.1, 0.15) is 16.5 Å². The van der Waals surface area contributed by atoms with Gasteiger partial charge in [0.2, 0.25) is 15.9 Å². The van der Waals surface area contributed by atoms with Crippen molar-refractivity contribution in [1.29, 1.82) is 0 Å². The summed E-state index contributed by atoms with van der Waals surface area (Å²) in [7, 11) is -2.60. The Bertz CT molecular complexity index is 721. The Labute approximate surface area is 148 Å². The minimum Gasteiger partial charge on any atom is -0.495 e. The molecule has 140 valence electrons. The first-order valence-corrected chi connectivity index (χ1v) is 9.81. The highest BCUT2D eigenvalue weighted by atomic mass is 32.2. The molecule has 0 saturated carbocycles. The van der Waals surface area contributed by atoms with Crippen LogP contribution in [0.3, 0.4) is 0 Å². The van der Waals surface area contributed by atoms with E-state index >= 15 is 0 Å². The van der Waals surface area contributed by atoms with Crippen molar-refractivity contribution >= 4 is 15.9 Å². The monoisotopic (exact) mass is 372 g/mol. The Kier molecular flexibility index (Phi) is 6.40. The number of carbonyl (C=O) groups excluding carboxylic acids is 1. The molecule has 25 heavy (non-hydrogen) atoms. The molecule has 1 aliphatic heterocycles. The Hall–Kier alpha value is -1.67. The van der Waals surface area contributed by atoms with Crippen LogP contribution in [0.5, 0.6) is 5.75 Å². The molecule has 1 saturated heterocycles. The third-order valence-corrected chi connectivity index (χ3v) is 6.07. The topological polar surface area (TPSA) is 75.7 Å². The maximum Gasteiger partial charge on any atom is 0.246 e. The van der Waals surface area contributed by atoms with Gasteiger partial charge < -0.3 is 10.1 Å². The van der Waals surface area contributed by atoms with Crippen molar-refractivity contribution in [1.82, 2.24) is 9.62 Å². The number of hydrogen-bond donors (Lipinski definition) is 1. The molecular weight excluding hydrogens is 347 g/mol. The summed E-state index contributed by atoms with van der Waals surface area (Å²) in [5.74, 6) is -0.777. The van der Waals surface area contributed by atoms with Crippen LogP contribution in [0.1, 0.15) is 26.7 Å². The van der Waals surface area contributed by atoms with Gasteiger partial charge in [-0.05, 0) is 37.0 Å². The number of hydrogen-bond acceptors (Lipinski definition) is 4. The summed E-state index contributed by atoms with van der Waals surface area (Å²) >= 11 is 0. The SMILES string of the molecule is COc1ccc(F)cc1S(=O)(=O)N1CCCC(C(=O)NCC(C)C)C1. The highest BCUT2D eigenvalue weighted by Crippen LogP contribution is 2.30. The van der Waals surface area contributed by atoms with E-state index in [1.54, 1.807) is 0 Å². The van der Waals surface area contributed by atoms with Gasteiger partial charge in [-0.1, -0.05) is 13.8 Å². The second-order valence-electron chi connectivity index (χ2n) is 6.64. The minimum absolute atomic E-state index is 0.0892. The third kappa shape index (κ3) is 4.70. The number of methoxy groups -OCH3 is 1. The van der Waals surface area contributed by atoms with Gasteiger partial charge in [-0.25, -0.2) is 12.8 Å². The number of halogens is 1. The number of sulfonamides is 1. The zero-order valence-electron chi connectivity index (χ0n) is 14.8. The summed E-state index contributed by atoms with van der Waals surface area (Å²) < 4.78 is 45.7. The zero-order valence-corrected chi connectivity index (χ0v) is 15.6. The number of nitrogens with zero attached hydrogens (tertiary/aromatic N) is 1. The average molecular weight is 372 g/mol. The van der Waals surface area contributed by atoms with Crippen LogP contribution >= 0.6 is 0 Å². The molecule has 1 aromatic rings. The molecule has 1 aromatic carbocycles. The van der Waals surface area contributed by atoms with Crippen LogP contribution in [0.4, 0.5) is 4.39 Å². The van der Waals surface area contributed by atoms with Crippen molar-refractivity contribution in [2.45, 2.75) is 31.6 Å². The Morgan fingerprint density at radius 1 is 1.44 bits per heavy atom. The second kappa shape index (κ2) is 8.14. The van der Waals surface area contributed by atoms with Crippen LogP contribution in [-0.2, 0) is 14.8 Å². The first-order chi connectivity index (χ1) is 11.8. The van der Waals surface area contributed by atoms with Crippen LogP contribution in [0.25, 0.3) is 0 Å². The number of rotatable bonds is 6. The summed E-state index contributed by atoms with van der Waals surface area (Å²) in [6, 6.07) is 3.39. The normalized spacial score (nSPS) is 19.0. The van der Waals surface area contributed by atoms with Crippen molar-refractivity contribution in [2.24, 2.45) is 11.8 Å². The largest absolute Gasteiger partial charge is 0.495 e. The summed E-state index contributed by atoms with van der Waals surface area (Å²) in [6.45, 7) is 4.93. The van der Waals surface area contributed by atoms with Crippen molar-refractivity contribution in [2.75, 3.05) is 26.7 Å². The number of amides is 1. The lowest BCUT2D eigenvalue weighted by Gasteiger charge is -2.31. The average Bonchev–Trinajstić information content (AvgIpc) is 2.59. The lowest BCUT2D eigenvalue weighted by Crippen LogP contribution is -2.46. The van der Waals surface area contributed by atoms with Crippen LogP contribution in [-0.4, -0.2) is 45.4 Å². The van der Waals surface area contributed by atoms with E-state index in [0.717, 1.165) is 12.1 Å². The molecule has 1 atom stereocenters. The Balaban J connectivity index is 2.20. The van der Waals surface area contributed by atoms with E-state index in [-0.39, 0.29) is 23.1 Å². The van der Waals surface area contributed by atoms with E-state index < -0.39 is 21.8 Å². The van der Waals surface area contributed by atoms with Gasteiger partial charge in [0.15, 0.2) is 0 Å². The van der Waals surface area contributed by atoms with Crippen molar-refractivity contribution in [3.8, 4) is 5.75 Å². The van der Waals surface area contributed by atoms with Crippen LogP contribution in [0.15, 0.2) is 23.1 Å². The van der Waals surface area contributed by atoms with E-state index in [1.165, 1.54) is 17.5 Å². The fourth-order valence-electron chi connectivity index (χ4n) is 2.81. The summed E-state index contributed by atoms with van der Waals surface area (Å²) in [5.41, 5.74) is 0. The lowest BCUT2D eigenvalue weighted by atomic mass is 9.98. The molecule has 1 N–H and O–H groups in total. The molecule has 0 radical (unpaired) electrons. The fourth-order valence-corrected chi connectivity index (χ4v) is 4.51. The third-order valence-electron chi connectivity index (χ3n) is 4.18. The van der Waals surface area contributed by atoms with Gasteiger partial charge in [0, 0.05) is 19.6 Å². The number of nitrogens with one attached hydrogen (secondary N) is 1. The first kappa shape index (κ1) is 19.7. The van der Waals surface area contributed by atoms with Gasteiger partial charge in [-0.2, -0.15) is 4.31 Å². The second-order valence-corrected chi connectivity index (χ2v) is 8.54. The van der Waals surface area contributed by atoms with Crippen LogP contribution < -0.4 is 10.1 Å². The van der Waals surface area contributed by atoms with Crippen molar-refractivity contribution < 1.29 is 22.3 Å². The molecule has 2 rings (SSSR count). The van der Waals surface area contributed by atoms with Gasteiger partial charge in [0.25, 0.3) is 0 Å². The lowest BCUT2D eigenvalue weighted by molar-refractivity contribution is -0.126. The van der Waals surface area contributed by atoms with Gasteiger partial charge in [-0.15, -0.1) is 0 Å². The number of carbonyl (C=O) groups is 1. The molecule has 1 unspecified atom stereocenters. The zero-order chi connectivity index (χ0) is 18.6. The quantitative estimate of drug-likeness (QED) is 0.829. The smallest absolute Gasteiger partial charge is 0.246 e. The molecule has 0 aromatic heterocycles. The van der Waals surface area contributed by atoms with Gasteiger partial charge in [-0.3, -0.25) is 4.79 Å². The number of benzene rings is 1. The number of ether oxygens (including phenoxy) is 1. The molecule has 1 amide bonds. The molecule has 1 fully saturated rings. The molecule has 8 heteroatoms. The van der Waals surface area contributed by atoms with Crippen molar-refractivity contribution in [3.63, 3.8) is 0 Å². The van der Waals surface area contributed by atoms with Crippen LogP contribution in [0, 0.1) is 17.7 Å². The van der Waals surface area contributed by atoms with E-state index in [1.807, 2.05) is 13.8 Å². The minimum atomic E-state index is -3.94. The molecule has 6 nitrogen and oxygen atoms in total. The van der Waals surface area contributed by atoms with E-state index in [0.29, 0.717) is 31.8 Å². The highest BCUT2D eigenvalue weighted by molar-refractivity contribution is 7.89. The molecule has 1 aliphatic rings. The molecular formula is C17H25FN2O4S. The molecule has 0 bridgehead atoms. The van der Waals surface area contributed by atoms with E-state index in [2.05, 4.69) is 5.32 Å². The van der Waals surface area contributed by atoms with E-state index in [9.17, 15) is 17.6 Å². The predicted molar refractivity (Wildman–Crippen MR) is 92.3 cm³/mol. The number of piperidine rings is 1. The maximum atomic E-state index is 13.6.